The monoisotopic (exact) mass is 188 g/mol. The van der Waals surface area contributed by atoms with Gasteiger partial charge in [-0.2, -0.15) is 0 Å². The minimum absolute atomic E-state index is 0. The second-order valence-corrected chi connectivity index (χ2v) is 2.05. The summed E-state index contributed by atoms with van der Waals surface area (Å²) in [6, 6.07) is 0. The van der Waals surface area contributed by atoms with Crippen molar-refractivity contribution in [2.75, 3.05) is 0 Å². The SMILES string of the molecule is N=C([O-])CCCCC(=N)[O-].[Na+].[Na+]. The van der Waals surface area contributed by atoms with Crippen molar-refractivity contribution in [2.24, 2.45) is 0 Å². The zero-order chi connectivity index (χ0) is 7.98. The van der Waals surface area contributed by atoms with Crippen molar-refractivity contribution in [3.8, 4) is 0 Å². The molecule has 2 N–H and O–H groups in total. The summed E-state index contributed by atoms with van der Waals surface area (Å²) in [5.41, 5.74) is 0. The Morgan fingerprint density at radius 3 is 1.25 bits per heavy atom. The zero-order valence-corrected chi connectivity index (χ0v) is 11.6. The molecule has 0 fully saturated rings. The summed E-state index contributed by atoms with van der Waals surface area (Å²) in [5, 5.41) is 33.0. The van der Waals surface area contributed by atoms with Gasteiger partial charge in [-0.1, -0.05) is 0 Å². The summed E-state index contributed by atoms with van der Waals surface area (Å²) in [5.74, 6) is -1.20. The summed E-state index contributed by atoms with van der Waals surface area (Å²) >= 11 is 0. The van der Waals surface area contributed by atoms with Gasteiger partial charge in [0.2, 0.25) is 0 Å². The quantitative estimate of drug-likeness (QED) is 0.194. The van der Waals surface area contributed by atoms with Crippen LogP contribution in [-0.4, -0.2) is 11.8 Å². The third-order valence-corrected chi connectivity index (χ3v) is 1.06. The molecule has 0 rings (SSSR count). The van der Waals surface area contributed by atoms with Crippen LogP contribution in [0.15, 0.2) is 0 Å². The second-order valence-electron chi connectivity index (χ2n) is 2.05. The van der Waals surface area contributed by atoms with E-state index < -0.39 is 11.8 Å². The molecule has 0 saturated carbocycles. The number of rotatable bonds is 5. The van der Waals surface area contributed by atoms with E-state index in [-0.39, 0.29) is 72.0 Å². The maximum atomic E-state index is 10.0. The van der Waals surface area contributed by atoms with Crippen LogP contribution in [0, 0.1) is 10.8 Å². The maximum absolute atomic E-state index is 10.0. The van der Waals surface area contributed by atoms with Gasteiger partial charge in [0.25, 0.3) is 0 Å². The summed E-state index contributed by atoms with van der Waals surface area (Å²) in [6.07, 6.45) is 1.50. The first-order valence-electron chi connectivity index (χ1n) is 3.12. The Balaban J connectivity index is -0.000000405. The third-order valence-electron chi connectivity index (χ3n) is 1.06. The van der Waals surface area contributed by atoms with Crippen molar-refractivity contribution in [1.29, 1.82) is 10.8 Å². The van der Waals surface area contributed by atoms with Crippen molar-refractivity contribution < 1.29 is 69.3 Å². The van der Waals surface area contributed by atoms with Crippen molar-refractivity contribution in [3.63, 3.8) is 0 Å². The van der Waals surface area contributed by atoms with E-state index in [1.54, 1.807) is 0 Å². The Morgan fingerprint density at radius 1 is 0.833 bits per heavy atom. The van der Waals surface area contributed by atoms with Crippen molar-refractivity contribution >= 4 is 11.8 Å². The predicted octanol–water partition coefficient (Wildman–Crippen LogP) is -6.77. The van der Waals surface area contributed by atoms with Gasteiger partial charge in [0.1, 0.15) is 0 Å². The fourth-order valence-corrected chi connectivity index (χ4v) is 0.571. The van der Waals surface area contributed by atoms with Crippen molar-refractivity contribution in [2.45, 2.75) is 25.7 Å². The fourth-order valence-electron chi connectivity index (χ4n) is 0.571. The van der Waals surface area contributed by atoms with E-state index in [2.05, 4.69) is 0 Å². The molecule has 0 aromatic heterocycles. The van der Waals surface area contributed by atoms with E-state index >= 15 is 0 Å². The number of hydrogen-bond donors (Lipinski definition) is 2. The minimum Gasteiger partial charge on any atom is -0.862 e. The average Bonchev–Trinajstić information content (AvgIpc) is 1.79. The Bertz CT molecular complexity index is 126. The standard InChI is InChI=1S/C6H12N2O2.2Na/c7-5(9)3-1-2-4-6(8)10;;/h1-4H2,(H2,7,9)(H2,8,10);;/q;2*+1/p-2. The largest absolute Gasteiger partial charge is 1.00 e. The van der Waals surface area contributed by atoms with Crippen LogP contribution in [0.2, 0.25) is 0 Å². The molecule has 4 nitrogen and oxygen atoms in total. The maximum Gasteiger partial charge on any atom is 1.00 e. The average molecular weight is 188 g/mol. The molecule has 0 radical (unpaired) electrons. The zero-order valence-electron chi connectivity index (χ0n) is 7.64. The summed E-state index contributed by atoms with van der Waals surface area (Å²) in [4.78, 5) is 0. The number of hydrogen-bond acceptors (Lipinski definition) is 4. The molecule has 0 heterocycles. The Kier molecular flexibility index (Phi) is 18.6. The first-order valence-corrected chi connectivity index (χ1v) is 3.12. The molecular weight excluding hydrogens is 178 g/mol. The second kappa shape index (κ2) is 11.9. The van der Waals surface area contributed by atoms with Gasteiger partial charge in [-0.3, -0.25) is 0 Å². The van der Waals surface area contributed by atoms with Crippen LogP contribution in [0.4, 0.5) is 0 Å². The summed E-state index contributed by atoms with van der Waals surface area (Å²) < 4.78 is 0. The first-order chi connectivity index (χ1) is 4.63. The third kappa shape index (κ3) is 17.1. The van der Waals surface area contributed by atoms with Gasteiger partial charge in [-0.05, 0) is 37.5 Å². The molecule has 0 aliphatic heterocycles. The van der Waals surface area contributed by atoms with Crippen LogP contribution in [0.5, 0.6) is 0 Å². The Labute approximate surface area is 116 Å². The molecule has 0 aromatic carbocycles. The normalized spacial score (nSPS) is 7.67. The summed E-state index contributed by atoms with van der Waals surface area (Å²) in [6.45, 7) is 0. The van der Waals surface area contributed by atoms with Crippen LogP contribution in [-0.2, 0) is 0 Å². The minimum atomic E-state index is -0.600. The van der Waals surface area contributed by atoms with Gasteiger partial charge in [-0.25, -0.2) is 0 Å². The fraction of sp³-hybridized carbons (Fsp3) is 0.667. The van der Waals surface area contributed by atoms with Crippen LogP contribution in [0.25, 0.3) is 0 Å². The van der Waals surface area contributed by atoms with Gasteiger partial charge in [0.05, 0.1) is 0 Å². The van der Waals surface area contributed by atoms with Gasteiger partial charge in [0, 0.05) is 0 Å². The molecule has 0 bridgehead atoms. The summed E-state index contributed by atoms with van der Waals surface area (Å²) in [7, 11) is 0. The van der Waals surface area contributed by atoms with Crippen LogP contribution >= 0.6 is 0 Å². The van der Waals surface area contributed by atoms with Crippen LogP contribution in [0.1, 0.15) is 25.7 Å². The van der Waals surface area contributed by atoms with Gasteiger partial charge < -0.3 is 21.0 Å². The molecule has 12 heavy (non-hydrogen) atoms. The molecule has 0 aromatic rings. The van der Waals surface area contributed by atoms with E-state index in [4.69, 9.17) is 10.8 Å². The van der Waals surface area contributed by atoms with Crippen LogP contribution < -0.4 is 69.3 Å². The molecule has 0 spiro atoms. The Hall–Kier alpha value is 0.940. The van der Waals surface area contributed by atoms with Gasteiger partial charge >= 0.3 is 59.1 Å². The predicted molar refractivity (Wildman–Crippen MR) is 33.9 cm³/mol. The van der Waals surface area contributed by atoms with Gasteiger partial charge in [0.15, 0.2) is 0 Å². The number of nitrogens with one attached hydrogen (secondary N) is 2. The Morgan fingerprint density at radius 2 is 1.08 bits per heavy atom. The molecule has 0 amide bonds. The van der Waals surface area contributed by atoms with E-state index in [1.807, 2.05) is 0 Å². The molecule has 0 saturated heterocycles. The molecule has 58 valence electrons. The van der Waals surface area contributed by atoms with E-state index in [1.165, 1.54) is 0 Å². The number of unbranched alkanes of at least 4 members (excludes halogenated alkanes) is 1. The first kappa shape index (κ1) is 18.7. The molecular formula is C6H10N2Na2O2. The molecule has 0 aliphatic rings. The van der Waals surface area contributed by atoms with E-state index in [0.29, 0.717) is 12.8 Å². The topological polar surface area (TPSA) is 93.8 Å². The molecule has 0 atom stereocenters. The van der Waals surface area contributed by atoms with Gasteiger partial charge in [-0.15, -0.1) is 0 Å². The van der Waals surface area contributed by atoms with Crippen molar-refractivity contribution in [3.05, 3.63) is 0 Å². The van der Waals surface area contributed by atoms with Crippen molar-refractivity contribution in [1.82, 2.24) is 0 Å². The molecule has 6 heteroatoms. The van der Waals surface area contributed by atoms with E-state index in [0.717, 1.165) is 0 Å². The molecule has 0 unspecified atom stereocenters. The molecule has 0 aliphatic carbocycles. The smallest absolute Gasteiger partial charge is 0.862 e. The van der Waals surface area contributed by atoms with E-state index in [9.17, 15) is 10.2 Å². The van der Waals surface area contributed by atoms with Crippen LogP contribution in [0.3, 0.4) is 0 Å².